The molecule has 0 aromatic rings. The normalized spacial score (nSPS) is 41.9. The highest BCUT2D eigenvalue weighted by Gasteiger charge is 2.81. The second kappa shape index (κ2) is 10.9. The van der Waals surface area contributed by atoms with Gasteiger partial charge in [-0.3, -0.25) is 24.0 Å². The van der Waals surface area contributed by atoms with E-state index in [1.807, 2.05) is 13.0 Å². The van der Waals surface area contributed by atoms with Crippen molar-refractivity contribution in [1.29, 1.82) is 0 Å². The molecule has 0 radical (unpaired) electrons. The fourth-order valence-electron chi connectivity index (χ4n) is 11.2. The minimum atomic E-state index is -1.12. The number of fused-ring (bicyclic) bond motifs is 2. The lowest BCUT2D eigenvalue weighted by atomic mass is 9.43. The van der Waals surface area contributed by atoms with E-state index in [2.05, 4.69) is 33.4 Å². The van der Waals surface area contributed by atoms with Crippen molar-refractivity contribution in [2.24, 2.45) is 57.2 Å². The van der Waals surface area contributed by atoms with Crippen LogP contribution in [0.3, 0.4) is 0 Å². The number of allylic oxidation sites excluding steroid dienone is 2. The molecule has 5 aliphatic carbocycles. The summed E-state index contributed by atoms with van der Waals surface area (Å²) in [5.41, 5.74) is -0.0866. The second-order valence-corrected chi connectivity index (χ2v) is 15.3. The van der Waals surface area contributed by atoms with Gasteiger partial charge in [-0.1, -0.05) is 47.3 Å². The van der Waals surface area contributed by atoms with Crippen LogP contribution in [-0.2, 0) is 38.2 Å². The molecule has 0 aliphatic heterocycles. The van der Waals surface area contributed by atoms with E-state index in [0.717, 1.165) is 32.1 Å². The van der Waals surface area contributed by atoms with E-state index in [1.165, 1.54) is 20.8 Å². The Bertz CT molecular complexity index is 1310. The van der Waals surface area contributed by atoms with Crippen LogP contribution in [-0.4, -0.2) is 48.3 Å². The van der Waals surface area contributed by atoms with E-state index in [-0.39, 0.29) is 57.4 Å². The second-order valence-electron chi connectivity index (χ2n) is 15.3. The first kappa shape index (κ1) is 32.6. The van der Waals surface area contributed by atoms with Crippen LogP contribution in [0.1, 0.15) is 93.9 Å². The molecular formula is C36H50O8. The van der Waals surface area contributed by atoms with Crippen molar-refractivity contribution in [2.45, 2.75) is 106 Å². The van der Waals surface area contributed by atoms with Gasteiger partial charge in [0.1, 0.15) is 6.10 Å². The topological polar surface area (TPSA) is 113 Å². The van der Waals surface area contributed by atoms with Gasteiger partial charge in [-0.2, -0.15) is 0 Å². The summed E-state index contributed by atoms with van der Waals surface area (Å²) >= 11 is 0. The van der Waals surface area contributed by atoms with E-state index >= 15 is 0 Å². The molecule has 0 saturated heterocycles. The van der Waals surface area contributed by atoms with Gasteiger partial charge in [0.15, 0.2) is 17.7 Å². The predicted molar refractivity (Wildman–Crippen MR) is 163 cm³/mol. The van der Waals surface area contributed by atoms with Crippen LogP contribution in [0.2, 0.25) is 0 Å². The molecule has 8 heteroatoms. The summed E-state index contributed by atoms with van der Waals surface area (Å²) in [5.74, 6) is -1.92. The van der Waals surface area contributed by atoms with Gasteiger partial charge in [0.05, 0.1) is 6.61 Å². The number of rotatable bonds is 9. The number of Topliss-reactive ketones (excluding diaryl/α,β-unsaturated/α-hetero) is 1. The van der Waals surface area contributed by atoms with Crippen molar-refractivity contribution in [3.8, 4) is 0 Å². The van der Waals surface area contributed by atoms with Crippen LogP contribution in [0.5, 0.6) is 0 Å². The summed E-state index contributed by atoms with van der Waals surface area (Å²) in [6.45, 7) is 18.5. The number of hydrogen-bond acceptors (Lipinski definition) is 8. The molecular weight excluding hydrogens is 560 g/mol. The van der Waals surface area contributed by atoms with Crippen LogP contribution < -0.4 is 0 Å². The highest BCUT2D eigenvalue weighted by Crippen LogP contribution is 2.87. The predicted octanol–water partition coefficient (Wildman–Crippen LogP) is 5.81. The van der Waals surface area contributed by atoms with Gasteiger partial charge in [-0.15, -0.1) is 0 Å². The monoisotopic (exact) mass is 610 g/mol. The van der Waals surface area contributed by atoms with E-state index in [9.17, 15) is 24.0 Å². The molecule has 0 bridgehead atoms. The summed E-state index contributed by atoms with van der Waals surface area (Å²) in [4.78, 5) is 62.9. The van der Waals surface area contributed by atoms with Crippen molar-refractivity contribution < 1.29 is 38.2 Å². The molecule has 1 unspecified atom stereocenters. The Labute approximate surface area is 261 Å². The Morgan fingerprint density at radius 3 is 2.30 bits per heavy atom. The van der Waals surface area contributed by atoms with Crippen molar-refractivity contribution >= 4 is 29.5 Å². The standard InChI is InChI=1S/C36H50O8/c1-19(17-42-23(5)37)20(2)31(41)32(44-25(7)39)22(4)30-28(43-24(6)38)16-34(9)29-11-10-26-21(3)27(40)12-13-35(26)18-36(29,35)15-14-33(30,34)8/h12-13,19,21-22,26,28-30,32H,2,10-11,14-18H2,1,3-9H3/t19-,21-,22-,26-,28-,29?,30-,32+,33+,34-,35+,36-/m0/s1. The Balaban J connectivity index is 1.50. The zero-order valence-electron chi connectivity index (χ0n) is 27.7. The van der Waals surface area contributed by atoms with Gasteiger partial charge in [0, 0.05) is 44.4 Å². The van der Waals surface area contributed by atoms with Crippen molar-refractivity contribution in [3.63, 3.8) is 0 Å². The largest absolute Gasteiger partial charge is 0.465 e. The summed E-state index contributed by atoms with van der Waals surface area (Å²) < 4.78 is 17.0. The molecule has 2 spiro atoms. The SMILES string of the molecule is C=C(C(=O)[C@H](OC(C)=O)[C@@H](C)[C@H]1[C@@H](OC(C)=O)C[C@@]2(C)C3CC[C@H]4[C@H](C)C(=O)C=C[C@@]45C[C@@]35CC[C@]12C)[C@@H](C)COC(C)=O. The van der Waals surface area contributed by atoms with Gasteiger partial charge in [0.2, 0.25) is 0 Å². The van der Waals surface area contributed by atoms with E-state index in [1.54, 1.807) is 6.92 Å². The third-order valence-corrected chi connectivity index (χ3v) is 13.4. The van der Waals surface area contributed by atoms with Crippen LogP contribution in [0.15, 0.2) is 24.3 Å². The number of carbonyl (C=O) groups excluding carboxylic acids is 5. The minimum Gasteiger partial charge on any atom is -0.465 e. The zero-order valence-corrected chi connectivity index (χ0v) is 27.7. The number of esters is 3. The Hall–Kier alpha value is -2.77. The summed E-state index contributed by atoms with van der Waals surface area (Å²) in [5, 5.41) is 0. The first-order valence-corrected chi connectivity index (χ1v) is 16.4. The number of hydrogen-bond donors (Lipinski definition) is 0. The summed E-state index contributed by atoms with van der Waals surface area (Å²) in [6, 6.07) is 0. The number of ether oxygens (including phenoxy) is 3. The molecule has 0 N–H and O–H groups in total. The third kappa shape index (κ3) is 4.63. The van der Waals surface area contributed by atoms with Crippen LogP contribution >= 0.6 is 0 Å². The number of ketones is 2. The zero-order chi connectivity index (χ0) is 32.6. The molecule has 5 aliphatic rings. The molecule has 12 atom stereocenters. The van der Waals surface area contributed by atoms with Crippen molar-refractivity contribution in [2.75, 3.05) is 6.61 Å². The molecule has 4 fully saturated rings. The van der Waals surface area contributed by atoms with E-state index in [4.69, 9.17) is 14.2 Å². The molecule has 8 nitrogen and oxygen atoms in total. The molecule has 0 aromatic carbocycles. The molecule has 0 amide bonds. The highest BCUT2D eigenvalue weighted by atomic mass is 16.6. The van der Waals surface area contributed by atoms with E-state index in [0.29, 0.717) is 18.3 Å². The fourth-order valence-corrected chi connectivity index (χ4v) is 11.2. The van der Waals surface area contributed by atoms with Gasteiger partial charge >= 0.3 is 17.9 Å². The summed E-state index contributed by atoms with van der Waals surface area (Å²) in [6.07, 6.45) is 8.22. The van der Waals surface area contributed by atoms with Gasteiger partial charge in [-0.25, -0.2) is 0 Å². The first-order valence-electron chi connectivity index (χ1n) is 16.4. The quantitative estimate of drug-likeness (QED) is 0.183. The molecule has 44 heavy (non-hydrogen) atoms. The van der Waals surface area contributed by atoms with Crippen LogP contribution in [0.4, 0.5) is 0 Å². The minimum absolute atomic E-state index is 0.00152. The Morgan fingerprint density at radius 2 is 1.68 bits per heavy atom. The molecule has 0 aromatic heterocycles. The van der Waals surface area contributed by atoms with Crippen LogP contribution in [0.25, 0.3) is 0 Å². The maximum absolute atomic E-state index is 14.0. The Kier molecular flexibility index (Phi) is 8.11. The lowest BCUT2D eigenvalue weighted by molar-refractivity contribution is -0.166. The average Bonchev–Trinajstić information content (AvgIpc) is 3.55. The first-order chi connectivity index (χ1) is 20.5. The van der Waals surface area contributed by atoms with Crippen molar-refractivity contribution in [1.82, 2.24) is 0 Å². The maximum Gasteiger partial charge on any atom is 0.303 e. The highest BCUT2D eigenvalue weighted by molar-refractivity contribution is 6.00. The van der Waals surface area contributed by atoms with E-state index < -0.39 is 41.8 Å². The number of carbonyl (C=O) groups is 5. The fraction of sp³-hybridized carbons (Fsp3) is 0.750. The molecule has 4 saturated carbocycles. The average molecular weight is 611 g/mol. The molecule has 5 rings (SSSR count). The van der Waals surface area contributed by atoms with Gasteiger partial charge in [-0.05, 0) is 83.7 Å². The van der Waals surface area contributed by atoms with Gasteiger partial charge in [0.25, 0.3) is 0 Å². The summed E-state index contributed by atoms with van der Waals surface area (Å²) in [7, 11) is 0. The smallest absolute Gasteiger partial charge is 0.303 e. The Morgan fingerprint density at radius 1 is 1.00 bits per heavy atom. The van der Waals surface area contributed by atoms with Crippen molar-refractivity contribution in [3.05, 3.63) is 24.3 Å². The van der Waals surface area contributed by atoms with Gasteiger partial charge < -0.3 is 14.2 Å². The lowest BCUT2D eigenvalue weighted by Crippen LogP contribution is -2.56. The molecule has 242 valence electrons. The van der Waals surface area contributed by atoms with Crippen LogP contribution in [0, 0.1) is 57.2 Å². The maximum atomic E-state index is 14.0. The lowest BCUT2D eigenvalue weighted by Gasteiger charge is -2.61. The molecule has 0 heterocycles. The third-order valence-electron chi connectivity index (χ3n) is 13.4.